The average molecular weight is 237 g/mol. The van der Waals surface area contributed by atoms with Gasteiger partial charge in [-0.25, -0.2) is 0 Å². The van der Waals surface area contributed by atoms with Crippen LogP contribution in [-0.2, 0) is 9.53 Å². The standard InChI is InChI=1S/C13H19NO3/c1-9(14-10(2)13(15)17-4)11-5-7-12(16-3)8-6-11/h5-10,14H,1-4H3/t9?,10-/m0/s1. The van der Waals surface area contributed by atoms with E-state index in [0.29, 0.717) is 0 Å². The molecule has 0 spiro atoms. The largest absolute Gasteiger partial charge is 0.497 e. The van der Waals surface area contributed by atoms with Gasteiger partial charge in [-0.2, -0.15) is 0 Å². The van der Waals surface area contributed by atoms with E-state index in [4.69, 9.17) is 4.74 Å². The number of hydrogen-bond donors (Lipinski definition) is 1. The highest BCUT2D eigenvalue weighted by molar-refractivity contribution is 5.75. The SMILES string of the molecule is COC(=O)[C@H](C)NC(C)c1ccc(OC)cc1. The van der Waals surface area contributed by atoms with Gasteiger partial charge in [-0.3, -0.25) is 10.1 Å². The van der Waals surface area contributed by atoms with Gasteiger partial charge >= 0.3 is 5.97 Å². The molecule has 17 heavy (non-hydrogen) atoms. The second-order valence-electron chi connectivity index (χ2n) is 3.91. The Labute approximate surface area is 102 Å². The van der Waals surface area contributed by atoms with Crippen LogP contribution in [0.4, 0.5) is 0 Å². The minimum Gasteiger partial charge on any atom is -0.497 e. The number of benzene rings is 1. The molecule has 0 aromatic heterocycles. The van der Waals surface area contributed by atoms with Crippen LogP contribution in [0.2, 0.25) is 0 Å². The fourth-order valence-electron chi connectivity index (χ4n) is 1.61. The molecule has 1 unspecified atom stereocenters. The minimum atomic E-state index is -0.322. The predicted octanol–water partition coefficient (Wildman–Crippen LogP) is 1.91. The molecule has 0 radical (unpaired) electrons. The van der Waals surface area contributed by atoms with Gasteiger partial charge in [-0.1, -0.05) is 12.1 Å². The van der Waals surface area contributed by atoms with E-state index in [0.717, 1.165) is 11.3 Å². The van der Waals surface area contributed by atoms with Crippen LogP contribution in [0.1, 0.15) is 25.5 Å². The van der Waals surface area contributed by atoms with Gasteiger partial charge in [0, 0.05) is 6.04 Å². The molecule has 0 amide bonds. The van der Waals surface area contributed by atoms with Crippen molar-refractivity contribution in [1.29, 1.82) is 0 Å². The molecule has 0 bridgehead atoms. The molecule has 0 aliphatic carbocycles. The number of ether oxygens (including phenoxy) is 2. The third-order valence-electron chi connectivity index (χ3n) is 2.67. The van der Waals surface area contributed by atoms with Gasteiger partial charge < -0.3 is 9.47 Å². The normalized spacial score (nSPS) is 13.9. The molecule has 0 fully saturated rings. The molecule has 0 saturated carbocycles. The van der Waals surface area contributed by atoms with Crippen molar-refractivity contribution in [3.05, 3.63) is 29.8 Å². The fourth-order valence-corrected chi connectivity index (χ4v) is 1.61. The van der Waals surface area contributed by atoms with E-state index in [1.807, 2.05) is 31.2 Å². The van der Waals surface area contributed by atoms with E-state index in [1.54, 1.807) is 14.0 Å². The molecular weight excluding hydrogens is 218 g/mol. The van der Waals surface area contributed by atoms with Crippen molar-refractivity contribution in [3.63, 3.8) is 0 Å². The number of esters is 1. The van der Waals surface area contributed by atoms with Gasteiger partial charge in [0.25, 0.3) is 0 Å². The van der Waals surface area contributed by atoms with Crippen LogP contribution in [0, 0.1) is 0 Å². The Kier molecular flexibility index (Phi) is 4.97. The van der Waals surface area contributed by atoms with E-state index in [1.165, 1.54) is 7.11 Å². The Morgan fingerprint density at radius 1 is 1.18 bits per heavy atom. The smallest absolute Gasteiger partial charge is 0.322 e. The van der Waals surface area contributed by atoms with E-state index in [2.05, 4.69) is 10.1 Å². The van der Waals surface area contributed by atoms with Gasteiger partial charge in [-0.15, -0.1) is 0 Å². The molecule has 1 aromatic rings. The van der Waals surface area contributed by atoms with Gasteiger partial charge in [-0.05, 0) is 31.5 Å². The lowest BCUT2D eigenvalue weighted by Crippen LogP contribution is -2.36. The van der Waals surface area contributed by atoms with Crippen molar-refractivity contribution in [3.8, 4) is 5.75 Å². The molecule has 0 heterocycles. The third-order valence-corrected chi connectivity index (χ3v) is 2.67. The molecule has 4 heteroatoms. The third kappa shape index (κ3) is 3.75. The topological polar surface area (TPSA) is 47.6 Å². The lowest BCUT2D eigenvalue weighted by molar-refractivity contribution is -0.142. The van der Waals surface area contributed by atoms with Crippen LogP contribution in [0.3, 0.4) is 0 Å². The molecule has 1 N–H and O–H groups in total. The maximum absolute atomic E-state index is 11.3. The number of carbonyl (C=O) groups excluding carboxylic acids is 1. The van der Waals surface area contributed by atoms with Gasteiger partial charge in [0.05, 0.1) is 14.2 Å². The van der Waals surface area contributed by atoms with Crippen LogP contribution in [0.15, 0.2) is 24.3 Å². The van der Waals surface area contributed by atoms with Gasteiger partial charge in [0.1, 0.15) is 11.8 Å². The maximum Gasteiger partial charge on any atom is 0.322 e. The molecule has 4 nitrogen and oxygen atoms in total. The first-order valence-corrected chi connectivity index (χ1v) is 5.56. The molecule has 0 saturated heterocycles. The molecule has 2 atom stereocenters. The highest BCUT2D eigenvalue weighted by Crippen LogP contribution is 2.17. The zero-order valence-electron chi connectivity index (χ0n) is 10.7. The van der Waals surface area contributed by atoms with Crippen molar-refractivity contribution < 1.29 is 14.3 Å². The first-order valence-electron chi connectivity index (χ1n) is 5.56. The molecule has 0 aliphatic heterocycles. The lowest BCUT2D eigenvalue weighted by Gasteiger charge is -2.18. The summed E-state index contributed by atoms with van der Waals surface area (Å²) in [7, 11) is 3.02. The van der Waals surface area contributed by atoms with E-state index in [9.17, 15) is 4.79 Å². The monoisotopic (exact) mass is 237 g/mol. The summed E-state index contributed by atoms with van der Waals surface area (Å²) in [6, 6.07) is 7.50. The van der Waals surface area contributed by atoms with Crippen molar-refractivity contribution in [2.45, 2.75) is 25.9 Å². The number of rotatable bonds is 5. The summed E-state index contributed by atoms with van der Waals surface area (Å²) >= 11 is 0. The Morgan fingerprint density at radius 3 is 2.24 bits per heavy atom. The highest BCUT2D eigenvalue weighted by Gasteiger charge is 2.16. The van der Waals surface area contributed by atoms with Crippen molar-refractivity contribution >= 4 is 5.97 Å². The summed E-state index contributed by atoms with van der Waals surface area (Å²) in [5, 5.41) is 3.17. The number of hydrogen-bond acceptors (Lipinski definition) is 4. The second kappa shape index (κ2) is 6.25. The summed E-state index contributed by atoms with van der Waals surface area (Å²) in [6.45, 7) is 3.78. The van der Waals surface area contributed by atoms with E-state index >= 15 is 0 Å². The minimum absolute atomic E-state index is 0.0787. The van der Waals surface area contributed by atoms with Gasteiger partial charge in [0.15, 0.2) is 0 Å². The second-order valence-corrected chi connectivity index (χ2v) is 3.91. The van der Waals surface area contributed by atoms with E-state index in [-0.39, 0.29) is 18.1 Å². The van der Waals surface area contributed by atoms with Crippen molar-refractivity contribution in [2.75, 3.05) is 14.2 Å². The molecule has 94 valence electrons. The zero-order valence-corrected chi connectivity index (χ0v) is 10.7. The van der Waals surface area contributed by atoms with Crippen LogP contribution >= 0.6 is 0 Å². The Balaban J connectivity index is 2.62. The summed E-state index contributed by atoms with van der Waals surface area (Å²) in [5.41, 5.74) is 1.10. The first kappa shape index (κ1) is 13.5. The summed E-state index contributed by atoms with van der Waals surface area (Å²) in [4.78, 5) is 11.3. The fraction of sp³-hybridized carbons (Fsp3) is 0.462. The summed E-state index contributed by atoms with van der Waals surface area (Å²) in [5.74, 6) is 0.562. The van der Waals surface area contributed by atoms with Crippen LogP contribution in [-0.4, -0.2) is 26.2 Å². The van der Waals surface area contributed by atoms with Crippen LogP contribution in [0.25, 0.3) is 0 Å². The van der Waals surface area contributed by atoms with Crippen LogP contribution in [0.5, 0.6) is 5.75 Å². The maximum atomic E-state index is 11.3. The summed E-state index contributed by atoms with van der Waals surface area (Å²) in [6.07, 6.45) is 0. The zero-order chi connectivity index (χ0) is 12.8. The Morgan fingerprint density at radius 2 is 1.76 bits per heavy atom. The van der Waals surface area contributed by atoms with E-state index < -0.39 is 0 Å². The highest BCUT2D eigenvalue weighted by atomic mass is 16.5. The van der Waals surface area contributed by atoms with Gasteiger partial charge in [0.2, 0.25) is 0 Å². The Bertz CT molecular complexity index is 361. The quantitative estimate of drug-likeness (QED) is 0.795. The average Bonchev–Trinajstić information content (AvgIpc) is 2.37. The molecule has 0 aliphatic rings. The Hall–Kier alpha value is -1.55. The summed E-state index contributed by atoms with van der Waals surface area (Å²) < 4.78 is 9.75. The number of carbonyl (C=O) groups is 1. The lowest BCUT2D eigenvalue weighted by atomic mass is 10.1. The predicted molar refractivity (Wildman–Crippen MR) is 66.0 cm³/mol. The number of nitrogens with one attached hydrogen (secondary N) is 1. The van der Waals surface area contributed by atoms with Crippen LogP contribution < -0.4 is 10.1 Å². The van der Waals surface area contributed by atoms with Crippen molar-refractivity contribution in [2.24, 2.45) is 0 Å². The molecule has 1 aromatic carbocycles. The van der Waals surface area contributed by atoms with Crippen molar-refractivity contribution in [1.82, 2.24) is 5.32 Å². The first-order chi connectivity index (χ1) is 8.08. The number of methoxy groups -OCH3 is 2. The molecular formula is C13H19NO3. The molecule has 1 rings (SSSR count).